The lowest BCUT2D eigenvalue weighted by Crippen LogP contribution is -2.52. The number of piperazine rings is 1. The van der Waals surface area contributed by atoms with Gasteiger partial charge in [-0.1, -0.05) is 13.8 Å². The molecule has 1 amide bonds. The molecule has 1 fully saturated rings. The Labute approximate surface area is 175 Å². The highest BCUT2D eigenvalue weighted by Gasteiger charge is 2.27. The number of furan rings is 1. The second-order valence-electron chi connectivity index (χ2n) is 7.64. The Bertz CT molecular complexity index is 1020. The molecule has 0 saturated carbocycles. The second kappa shape index (κ2) is 8.51. The number of aromatic nitrogens is 1. The van der Waals surface area contributed by atoms with Gasteiger partial charge in [0, 0.05) is 42.9 Å². The number of hydrogen-bond acceptors (Lipinski definition) is 4. The maximum Gasteiger partial charge on any atom is 0.289 e. The summed E-state index contributed by atoms with van der Waals surface area (Å²) in [6.45, 7) is 8.38. The number of amides is 1. The van der Waals surface area contributed by atoms with E-state index in [4.69, 9.17) is 4.42 Å². The van der Waals surface area contributed by atoms with Crippen LogP contribution in [0, 0.1) is 5.82 Å². The number of pyridine rings is 1. The molecule has 154 valence electrons. The normalized spacial score (nSPS) is 16.9. The highest BCUT2D eigenvalue weighted by Crippen LogP contribution is 2.32. The molecule has 0 unspecified atom stereocenters. The van der Waals surface area contributed by atoms with E-state index in [2.05, 4.69) is 24.1 Å². The molecule has 7 heteroatoms. The third kappa shape index (κ3) is 4.14. The summed E-state index contributed by atoms with van der Waals surface area (Å²) in [7, 11) is 0. The zero-order valence-corrected chi connectivity index (χ0v) is 17.6. The Morgan fingerprint density at radius 3 is 2.66 bits per heavy atom. The van der Waals surface area contributed by atoms with Gasteiger partial charge in [0.25, 0.3) is 5.91 Å². The van der Waals surface area contributed by atoms with Gasteiger partial charge < -0.3 is 14.6 Å². The molecule has 29 heavy (non-hydrogen) atoms. The quantitative estimate of drug-likeness (QED) is 0.675. The van der Waals surface area contributed by atoms with E-state index in [1.807, 2.05) is 17.9 Å². The number of rotatable bonds is 3. The van der Waals surface area contributed by atoms with E-state index in [9.17, 15) is 9.18 Å². The number of carbonyl (C=O) groups is 1. The molecule has 5 nitrogen and oxygen atoms in total. The Hall–Kier alpha value is -2.44. The van der Waals surface area contributed by atoms with Gasteiger partial charge in [-0.2, -0.15) is 0 Å². The van der Waals surface area contributed by atoms with Crippen molar-refractivity contribution in [2.24, 2.45) is 0 Å². The third-order valence-electron chi connectivity index (χ3n) is 5.24. The van der Waals surface area contributed by atoms with E-state index in [0.717, 1.165) is 29.9 Å². The van der Waals surface area contributed by atoms with Gasteiger partial charge >= 0.3 is 0 Å². The van der Waals surface area contributed by atoms with Crippen molar-refractivity contribution in [2.45, 2.75) is 32.7 Å². The van der Waals surface area contributed by atoms with Crippen LogP contribution in [0.3, 0.4) is 0 Å². The van der Waals surface area contributed by atoms with Gasteiger partial charge in [-0.25, -0.2) is 9.37 Å². The smallest absolute Gasteiger partial charge is 0.289 e. The molecule has 2 aromatic heterocycles. The fourth-order valence-corrected chi connectivity index (χ4v) is 3.63. The molecule has 1 saturated heterocycles. The summed E-state index contributed by atoms with van der Waals surface area (Å²) in [5.74, 6) is 0.117. The standard InChI is InChI=1S/C22H24FN3O2.ClH/c1-13(2)17-10-18(15-4-6-16(23)7-5-15)25-19-11-20(28-21(17)19)22(27)26-9-8-24-12-14(26)3;/h4-7,10-11,13-14,24H,8-9,12H2,1-3H3;1H/t14-;/m0./s1. The summed E-state index contributed by atoms with van der Waals surface area (Å²) in [6, 6.07) is 10.1. The predicted molar refractivity (Wildman–Crippen MR) is 114 cm³/mol. The van der Waals surface area contributed by atoms with E-state index >= 15 is 0 Å². The topological polar surface area (TPSA) is 58.4 Å². The number of nitrogens with one attached hydrogen (secondary N) is 1. The van der Waals surface area contributed by atoms with Crippen molar-refractivity contribution >= 4 is 29.4 Å². The van der Waals surface area contributed by atoms with Crippen LogP contribution in [-0.2, 0) is 0 Å². The lowest BCUT2D eigenvalue weighted by molar-refractivity contribution is 0.0625. The molecule has 3 aromatic rings. The maximum atomic E-state index is 13.3. The molecule has 1 N–H and O–H groups in total. The molecular weight excluding hydrogens is 393 g/mol. The lowest BCUT2D eigenvalue weighted by Gasteiger charge is -2.33. The third-order valence-corrected chi connectivity index (χ3v) is 5.24. The summed E-state index contributed by atoms with van der Waals surface area (Å²) in [6.07, 6.45) is 0. The van der Waals surface area contributed by atoms with Crippen molar-refractivity contribution in [3.05, 3.63) is 53.5 Å². The zero-order valence-electron chi connectivity index (χ0n) is 16.7. The predicted octanol–water partition coefficient (Wildman–Crippen LogP) is 4.61. The van der Waals surface area contributed by atoms with E-state index in [1.54, 1.807) is 18.2 Å². The average Bonchev–Trinajstić information content (AvgIpc) is 3.11. The SMILES string of the molecule is CC(C)c1cc(-c2ccc(F)cc2)nc2cc(C(=O)N3CCNC[C@@H]3C)oc12.Cl. The highest BCUT2D eigenvalue weighted by atomic mass is 35.5. The minimum atomic E-state index is -0.282. The van der Waals surface area contributed by atoms with Crippen molar-refractivity contribution in [3.8, 4) is 11.3 Å². The number of benzene rings is 1. The summed E-state index contributed by atoms with van der Waals surface area (Å²) in [4.78, 5) is 19.5. The molecule has 1 aliphatic rings. The van der Waals surface area contributed by atoms with Gasteiger partial charge in [-0.05, 0) is 43.2 Å². The van der Waals surface area contributed by atoms with Gasteiger partial charge in [-0.3, -0.25) is 4.79 Å². The molecule has 0 aliphatic carbocycles. The first-order valence-electron chi connectivity index (χ1n) is 9.66. The maximum absolute atomic E-state index is 13.3. The number of fused-ring (bicyclic) bond motifs is 1. The van der Waals surface area contributed by atoms with Crippen LogP contribution in [-0.4, -0.2) is 41.5 Å². The van der Waals surface area contributed by atoms with Crippen LogP contribution in [0.25, 0.3) is 22.4 Å². The van der Waals surface area contributed by atoms with Gasteiger partial charge in [-0.15, -0.1) is 12.4 Å². The zero-order chi connectivity index (χ0) is 19.8. The van der Waals surface area contributed by atoms with E-state index in [0.29, 0.717) is 23.4 Å². The molecule has 0 radical (unpaired) electrons. The number of hydrogen-bond donors (Lipinski definition) is 1. The average molecular weight is 418 g/mol. The molecule has 1 atom stereocenters. The van der Waals surface area contributed by atoms with Crippen LogP contribution >= 0.6 is 12.4 Å². The molecule has 4 rings (SSSR count). The first-order chi connectivity index (χ1) is 13.4. The van der Waals surface area contributed by atoms with Gasteiger partial charge in [0.2, 0.25) is 0 Å². The molecule has 3 heterocycles. The van der Waals surface area contributed by atoms with Crippen LogP contribution in [0.5, 0.6) is 0 Å². The van der Waals surface area contributed by atoms with Crippen molar-refractivity contribution in [1.82, 2.24) is 15.2 Å². The number of carbonyl (C=O) groups excluding carboxylic acids is 1. The number of halogens is 2. The molecular formula is C22H25ClFN3O2. The van der Waals surface area contributed by atoms with Gasteiger partial charge in [0.1, 0.15) is 11.3 Å². The molecule has 1 aromatic carbocycles. The van der Waals surface area contributed by atoms with E-state index in [-0.39, 0.29) is 36.1 Å². The van der Waals surface area contributed by atoms with Gasteiger partial charge in [0.15, 0.2) is 11.3 Å². The summed E-state index contributed by atoms with van der Waals surface area (Å²) >= 11 is 0. The highest BCUT2D eigenvalue weighted by molar-refractivity contribution is 5.96. The van der Waals surface area contributed by atoms with Crippen molar-refractivity contribution in [3.63, 3.8) is 0 Å². The fraction of sp³-hybridized carbons (Fsp3) is 0.364. The van der Waals surface area contributed by atoms with Crippen molar-refractivity contribution < 1.29 is 13.6 Å². The molecule has 0 spiro atoms. The summed E-state index contributed by atoms with van der Waals surface area (Å²) in [5, 5.41) is 3.29. The number of nitrogens with zero attached hydrogens (tertiary/aromatic N) is 2. The van der Waals surface area contributed by atoms with E-state index < -0.39 is 0 Å². The molecule has 1 aliphatic heterocycles. The van der Waals surface area contributed by atoms with E-state index in [1.165, 1.54) is 12.1 Å². The largest absolute Gasteiger partial charge is 0.449 e. The first kappa shape index (κ1) is 21.3. The van der Waals surface area contributed by atoms with Crippen molar-refractivity contribution in [1.29, 1.82) is 0 Å². The summed E-state index contributed by atoms with van der Waals surface area (Å²) in [5.41, 5.74) is 3.85. The Morgan fingerprint density at radius 1 is 1.28 bits per heavy atom. The van der Waals surface area contributed by atoms with Crippen LogP contribution in [0.15, 0.2) is 40.8 Å². The Balaban J connectivity index is 0.00000240. The lowest BCUT2D eigenvalue weighted by atomic mass is 10.00. The van der Waals surface area contributed by atoms with Crippen LogP contribution < -0.4 is 5.32 Å². The van der Waals surface area contributed by atoms with Crippen LogP contribution in [0.2, 0.25) is 0 Å². The summed E-state index contributed by atoms with van der Waals surface area (Å²) < 4.78 is 19.3. The minimum absolute atomic E-state index is 0. The molecule has 0 bridgehead atoms. The monoisotopic (exact) mass is 417 g/mol. The first-order valence-corrected chi connectivity index (χ1v) is 9.66. The Morgan fingerprint density at radius 2 is 2.00 bits per heavy atom. The second-order valence-corrected chi connectivity index (χ2v) is 7.64. The van der Waals surface area contributed by atoms with Crippen LogP contribution in [0.4, 0.5) is 4.39 Å². The van der Waals surface area contributed by atoms with Crippen molar-refractivity contribution in [2.75, 3.05) is 19.6 Å². The fourth-order valence-electron chi connectivity index (χ4n) is 3.63. The van der Waals surface area contributed by atoms with Crippen LogP contribution in [0.1, 0.15) is 42.8 Å². The van der Waals surface area contributed by atoms with Gasteiger partial charge in [0.05, 0.1) is 5.69 Å². The minimum Gasteiger partial charge on any atom is -0.449 e. The Kier molecular flexibility index (Phi) is 6.24.